The molecule has 0 aromatic carbocycles. The van der Waals surface area contributed by atoms with Crippen molar-refractivity contribution in [3.05, 3.63) is 0 Å². The largest absolute Gasteiger partial charge is 0.327 e. The second kappa shape index (κ2) is 4.00. The van der Waals surface area contributed by atoms with Gasteiger partial charge in [0.15, 0.2) is 0 Å². The Balaban J connectivity index is 2.95. The molecule has 5 nitrogen and oxygen atoms in total. The first-order valence-electron chi connectivity index (χ1n) is 4.94. The molecular formula is C10H16N2O3. The molecule has 0 aromatic rings. The fourth-order valence-electron chi connectivity index (χ4n) is 1.79. The smallest absolute Gasteiger partial charge is 0.305 e. The van der Waals surface area contributed by atoms with Gasteiger partial charge in [-0.25, -0.2) is 4.79 Å². The lowest BCUT2D eigenvalue weighted by molar-refractivity contribution is -0.128. The van der Waals surface area contributed by atoms with E-state index in [0.717, 1.165) is 4.90 Å². The molecule has 1 aliphatic heterocycles. The summed E-state index contributed by atoms with van der Waals surface area (Å²) in [7, 11) is 1.44. The number of likely N-dealkylation sites (N-methyl/N-ethyl adjacent to an activating group) is 1. The Labute approximate surface area is 89.0 Å². The summed E-state index contributed by atoms with van der Waals surface area (Å²) in [4.78, 5) is 36.8. The highest BCUT2D eigenvalue weighted by Gasteiger charge is 2.44. The summed E-state index contributed by atoms with van der Waals surface area (Å²) in [6.07, 6.45) is 0. The number of nitrogens with zero attached hydrogens (tertiary/aromatic N) is 2. The lowest BCUT2D eigenvalue weighted by atomic mass is 10.0. The zero-order chi connectivity index (χ0) is 11.7. The third-order valence-corrected chi connectivity index (χ3v) is 2.48. The highest BCUT2D eigenvalue weighted by atomic mass is 16.2. The van der Waals surface area contributed by atoms with Crippen LogP contribution in [0.4, 0.5) is 4.79 Å². The first-order chi connectivity index (χ1) is 6.86. The number of hydrogen-bond donors (Lipinski definition) is 0. The van der Waals surface area contributed by atoms with Crippen molar-refractivity contribution in [2.75, 3.05) is 13.6 Å². The quantitative estimate of drug-likeness (QED) is 0.640. The van der Waals surface area contributed by atoms with Crippen molar-refractivity contribution in [2.24, 2.45) is 5.92 Å². The van der Waals surface area contributed by atoms with Crippen LogP contribution in [-0.2, 0) is 9.59 Å². The van der Waals surface area contributed by atoms with E-state index in [-0.39, 0.29) is 30.2 Å². The predicted molar refractivity (Wildman–Crippen MR) is 54.2 cm³/mol. The maximum Gasteiger partial charge on any atom is 0.327 e. The van der Waals surface area contributed by atoms with Crippen molar-refractivity contribution in [2.45, 2.75) is 26.8 Å². The predicted octanol–water partition coefficient (Wildman–Crippen LogP) is 0.494. The van der Waals surface area contributed by atoms with E-state index in [4.69, 9.17) is 0 Å². The van der Waals surface area contributed by atoms with E-state index in [0.29, 0.717) is 0 Å². The minimum absolute atomic E-state index is 0.0117. The molecule has 1 atom stereocenters. The summed E-state index contributed by atoms with van der Waals surface area (Å²) in [5.41, 5.74) is 0. The van der Waals surface area contributed by atoms with Gasteiger partial charge in [0.25, 0.3) is 5.91 Å². The molecule has 0 aliphatic carbocycles. The van der Waals surface area contributed by atoms with Crippen LogP contribution in [0.5, 0.6) is 0 Å². The molecule has 0 radical (unpaired) electrons. The lowest BCUT2D eigenvalue weighted by Crippen LogP contribution is -2.41. The van der Waals surface area contributed by atoms with Crippen LogP contribution in [0.3, 0.4) is 0 Å². The van der Waals surface area contributed by atoms with Crippen LogP contribution in [0.2, 0.25) is 0 Å². The SMILES string of the molecule is CC(=O)CN1C(=O)N(C)C(=O)C1C(C)C. The molecule has 0 aromatic heterocycles. The molecule has 84 valence electrons. The number of amides is 3. The molecular weight excluding hydrogens is 196 g/mol. The Morgan fingerprint density at radius 1 is 1.40 bits per heavy atom. The number of Topliss-reactive ketones (excluding diaryl/α,β-unsaturated/α-hetero) is 1. The molecule has 1 rings (SSSR count). The standard InChI is InChI=1S/C10H16N2O3/c1-6(2)8-9(14)11(4)10(15)12(8)5-7(3)13/h6,8H,5H2,1-4H3. The first kappa shape index (κ1) is 11.7. The summed E-state index contributed by atoms with van der Waals surface area (Å²) in [5.74, 6) is -0.320. The van der Waals surface area contributed by atoms with Gasteiger partial charge in [-0.05, 0) is 12.8 Å². The summed E-state index contributed by atoms with van der Waals surface area (Å²) in [6, 6.07) is -0.875. The van der Waals surface area contributed by atoms with E-state index in [1.165, 1.54) is 18.9 Å². The van der Waals surface area contributed by atoms with Crippen LogP contribution >= 0.6 is 0 Å². The maximum absolute atomic E-state index is 11.7. The van der Waals surface area contributed by atoms with Gasteiger partial charge in [0.1, 0.15) is 11.8 Å². The lowest BCUT2D eigenvalue weighted by Gasteiger charge is -2.22. The summed E-state index contributed by atoms with van der Waals surface area (Å²) >= 11 is 0. The van der Waals surface area contributed by atoms with Gasteiger partial charge in [-0.15, -0.1) is 0 Å². The van der Waals surface area contributed by atoms with Gasteiger partial charge in [0, 0.05) is 7.05 Å². The van der Waals surface area contributed by atoms with Crippen molar-refractivity contribution < 1.29 is 14.4 Å². The number of rotatable bonds is 3. The van der Waals surface area contributed by atoms with Gasteiger partial charge in [0.05, 0.1) is 6.54 Å². The number of ketones is 1. The molecule has 3 amide bonds. The van der Waals surface area contributed by atoms with E-state index in [1.807, 2.05) is 13.8 Å². The molecule has 0 saturated carbocycles. The minimum Gasteiger partial charge on any atom is -0.305 e. The highest BCUT2D eigenvalue weighted by molar-refractivity contribution is 6.05. The molecule has 5 heteroatoms. The Morgan fingerprint density at radius 2 is 1.93 bits per heavy atom. The normalized spacial score (nSPS) is 21.8. The second-order valence-electron chi connectivity index (χ2n) is 4.20. The highest BCUT2D eigenvalue weighted by Crippen LogP contribution is 2.21. The zero-order valence-corrected chi connectivity index (χ0v) is 9.48. The van der Waals surface area contributed by atoms with Crippen molar-refractivity contribution in [3.63, 3.8) is 0 Å². The molecule has 1 aliphatic rings. The van der Waals surface area contributed by atoms with Gasteiger partial charge in [0.2, 0.25) is 0 Å². The van der Waals surface area contributed by atoms with Crippen molar-refractivity contribution in [1.82, 2.24) is 9.80 Å². The topological polar surface area (TPSA) is 57.7 Å². The Hall–Kier alpha value is -1.39. The first-order valence-corrected chi connectivity index (χ1v) is 4.94. The van der Waals surface area contributed by atoms with E-state index in [1.54, 1.807) is 0 Å². The summed E-state index contributed by atoms with van der Waals surface area (Å²) < 4.78 is 0. The van der Waals surface area contributed by atoms with Crippen LogP contribution in [0, 0.1) is 5.92 Å². The van der Waals surface area contributed by atoms with Gasteiger partial charge in [-0.1, -0.05) is 13.8 Å². The molecule has 0 N–H and O–H groups in total. The van der Waals surface area contributed by atoms with E-state index < -0.39 is 6.04 Å². The molecule has 1 fully saturated rings. The average molecular weight is 212 g/mol. The van der Waals surface area contributed by atoms with Crippen LogP contribution in [0.1, 0.15) is 20.8 Å². The molecule has 0 bridgehead atoms. The minimum atomic E-state index is -0.494. The summed E-state index contributed by atoms with van der Waals surface area (Å²) in [6.45, 7) is 5.15. The third kappa shape index (κ3) is 2.00. The number of hydrogen-bond acceptors (Lipinski definition) is 3. The number of carbonyl (C=O) groups is 3. The molecule has 0 spiro atoms. The number of carbonyl (C=O) groups excluding carboxylic acids is 3. The third-order valence-electron chi connectivity index (χ3n) is 2.48. The van der Waals surface area contributed by atoms with E-state index >= 15 is 0 Å². The Morgan fingerprint density at radius 3 is 2.33 bits per heavy atom. The fourth-order valence-corrected chi connectivity index (χ4v) is 1.79. The van der Waals surface area contributed by atoms with Crippen LogP contribution in [0.25, 0.3) is 0 Å². The summed E-state index contributed by atoms with van der Waals surface area (Å²) in [5, 5.41) is 0. The maximum atomic E-state index is 11.7. The second-order valence-corrected chi connectivity index (χ2v) is 4.20. The van der Waals surface area contributed by atoms with Crippen molar-refractivity contribution in [3.8, 4) is 0 Å². The van der Waals surface area contributed by atoms with Crippen molar-refractivity contribution >= 4 is 17.7 Å². The molecule has 15 heavy (non-hydrogen) atoms. The van der Waals surface area contributed by atoms with Gasteiger partial charge >= 0.3 is 6.03 Å². The zero-order valence-electron chi connectivity index (χ0n) is 9.48. The average Bonchev–Trinajstić information content (AvgIpc) is 2.30. The fraction of sp³-hybridized carbons (Fsp3) is 0.700. The molecule has 1 unspecified atom stereocenters. The van der Waals surface area contributed by atoms with E-state index in [9.17, 15) is 14.4 Å². The number of urea groups is 1. The van der Waals surface area contributed by atoms with Crippen LogP contribution < -0.4 is 0 Å². The van der Waals surface area contributed by atoms with Gasteiger partial charge in [-0.2, -0.15) is 0 Å². The Bertz CT molecular complexity index is 312. The van der Waals surface area contributed by atoms with Crippen LogP contribution in [0.15, 0.2) is 0 Å². The molecule has 1 heterocycles. The number of imide groups is 1. The van der Waals surface area contributed by atoms with Gasteiger partial charge < -0.3 is 4.90 Å². The van der Waals surface area contributed by atoms with Crippen molar-refractivity contribution in [1.29, 1.82) is 0 Å². The Kier molecular flexibility index (Phi) is 3.12. The van der Waals surface area contributed by atoms with Crippen LogP contribution in [-0.4, -0.2) is 47.2 Å². The van der Waals surface area contributed by atoms with Gasteiger partial charge in [-0.3, -0.25) is 14.5 Å². The molecule has 1 saturated heterocycles. The monoisotopic (exact) mass is 212 g/mol. The van der Waals surface area contributed by atoms with E-state index in [2.05, 4.69) is 0 Å².